The van der Waals surface area contributed by atoms with Gasteiger partial charge in [0.15, 0.2) is 5.84 Å². The standard InChI is InChI=1S/C24H23N5O/c1-15-12-21(15)19-9-5-8-17(13-19)18-10-11-20(23(25)28-29-26)22(14-18)27-24(30)16-6-3-2-4-7-16/h2-11,13-15,21H,12H2,1H3,(H,27,30)(H3,25,26,28)/t15?,21-/m0/s1. The molecule has 0 saturated heterocycles. The second kappa shape index (κ2) is 8.29. The summed E-state index contributed by atoms with van der Waals surface area (Å²) in [6, 6.07) is 23.1. The van der Waals surface area contributed by atoms with E-state index in [1.54, 1.807) is 18.2 Å². The molecule has 4 N–H and O–H groups in total. The number of amidine groups is 1. The second-order valence-corrected chi connectivity index (χ2v) is 7.61. The number of nitrogens with one attached hydrogen (secondary N) is 2. The van der Waals surface area contributed by atoms with Crippen molar-refractivity contribution >= 4 is 17.4 Å². The van der Waals surface area contributed by atoms with E-state index in [0.29, 0.717) is 22.7 Å². The minimum Gasteiger partial charge on any atom is -0.382 e. The normalized spacial score (nSPS) is 18.0. The number of hydrogen-bond donors (Lipinski definition) is 3. The van der Waals surface area contributed by atoms with Gasteiger partial charge in [0, 0.05) is 11.1 Å². The number of hydrogen-bond acceptors (Lipinski definition) is 3. The van der Waals surface area contributed by atoms with E-state index in [0.717, 1.165) is 17.0 Å². The van der Waals surface area contributed by atoms with Gasteiger partial charge in [-0.15, -0.1) is 5.10 Å². The van der Waals surface area contributed by atoms with Crippen LogP contribution in [0.1, 0.15) is 40.7 Å². The summed E-state index contributed by atoms with van der Waals surface area (Å²) in [4.78, 5) is 12.7. The van der Waals surface area contributed by atoms with Crippen molar-refractivity contribution in [1.82, 2.24) is 0 Å². The number of benzene rings is 3. The molecule has 30 heavy (non-hydrogen) atoms. The number of rotatable bonds is 6. The molecular weight excluding hydrogens is 374 g/mol. The summed E-state index contributed by atoms with van der Waals surface area (Å²) in [6.45, 7) is 2.27. The van der Waals surface area contributed by atoms with Gasteiger partial charge >= 0.3 is 0 Å². The average Bonchev–Trinajstić information content (AvgIpc) is 3.51. The molecule has 0 aromatic heterocycles. The highest BCUT2D eigenvalue weighted by Crippen LogP contribution is 2.47. The topological polar surface area (TPSA) is 104 Å². The fourth-order valence-corrected chi connectivity index (χ4v) is 3.68. The Morgan fingerprint density at radius 1 is 1.03 bits per heavy atom. The molecule has 1 aliphatic rings. The minimum atomic E-state index is -0.245. The van der Waals surface area contributed by atoms with Crippen molar-refractivity contribution in [2.45, 2.75) is 19.3 Å². The Labute approximate surface area is 175 Å². The highest BCUT2D eigenvalue weighted by Gasteiger charge is 2.33. The van der Waals surface area contributed by atoms with Crippen molar-refractivity contribution in [2.24, 2.45) is 22.0 Å². The minimum absolute atomic E-state index is 0.0699. The smallest absolute Gasteiger partial charge is 0.255 e. The van der Waals surface area contributed by atoms with E-state index in [1.807, 2.05) is 30.3 Å². The summed E-state index contributed by atoms with van der Waals surface area (Å²) in [5.41, 5.74) is 17.9. The Bertz CT molecular complexity index is 1120. The molecule has 2 atom stereocenters. The first kappa shape index (κ1) is 19.5. The van der Waals surface area contributed by atoms with Crippen molar-refractivity contribution in [1.29, 1.82) is 5.53 Å². The van der Waals surface area contributed by atoms with Crippen LogP contribution in [-0.4, -0.2) is 11.7 Å². The van der Waals surface area contributed by atoms with Crippen molar-refractivity contribution in [3.05, 3.63) is 89.5 Å². The van der Waals surface area contributed by atoms with Crippen LogP contribution < -0.4 is 11.1 Å². The lowest BCUT2D eigenvalue weighted by Crippen LogP contribution is -2.19. The molecule has 150 valence electrons. The number of carbonyl (C=O) groups excluding carboxylic acids is 1. The van der Waals surface area contributed by atoms with Gasteiger partial charge in [-0.05, 0) is 59.2 Å². The number of amides is 1. The van der Waals surface area contributed by atoms with Crippen LogP contribution >= 0.6 is 0 Å². The van der Waals surface area contributed by atoms with Crippen LogP contribution in [0, 0.1) is 11.4 Å². The maximum Gasteiger partial charge on any atom is 0.255 e. The maximum atomic E-state index is 12.7. The molecule has 1 saturated carbocycles. The lowest BCUT2D eigenvalue weighted by atomic mass is 9.98. The third kappa shape index (κ3) is 4.12. The maximum absolute atomic E-state index is 12.7. The van der Waals surface area contributed by atoms with Crippen LogP contribution in [0.4, 0.5) is 5.69 Å². The molecule has 4 rings (SSSR count). The summed E-state index contributed by atoms with van der Waals surface area (Å²) in [7, 11) is 0. The van der Waals surface area contributed by atoms with Crippen LogP contribution in [0.2, 0.25) is 0 Å². The molecule has 6 heteroatoms. The van der Waals surface area contributed by atoms with Crippen LogP contribution in [0.25, 0.3) is 11.1 Å². The fourth-order valence-electron chi connectivity index (χ4n) is 3.68. The highest BCUT2D eigenvalue weighted by molar-refractivity contribution is 6.10. The molecule has 1 aliphatic carbocycles. The van der Waals surface area contributed by atoms with Gasteiger partial charge in [0.25, 0.3) is 5.91 Å². The Morgan fingerprint density at radius 3 is 2.47 bits per heavy atom. The van der Waals surface area contributed by atoms with E-state index >= 15 is 0 Å². The predicted octanol–water partition coefficient (Wildman–Crippen LogP) is 5.38. The van der Waals surface area contributed by atoms with E-state index in [9.17, 15) is 4.79 Å². The molecule has 1 amide bonds. The summed E-state index contributed by atoms with van der Waals surface area (Å²) in [5, 5.41) is 9.57. The van der Waals surface area contributed by atoms with Crippen LogP contribution in [0.5, 0.6) is 0 Å². The van der Waals surface area contributed by atoms with Gasteiger partial charge in [-0.25, -0.2) is 0 Å². The lowest BCUT2D eigenvalue weighted by molar-refractivity contribution is 0.102. The molecule has 0 radical (unpaired) electrons. The van der Waals surface area contributed by atoms with Crippen LogP contribution in [0.15, 0.2) is 83.1 Å². The molecule has 0 heterocycles. The molecular formula is C24H23N5O. The zero-order chi connectivity index (χ0) is 21.1. The molecule has 3 aromatic rings. The number of nitrogens with zero attached hydrogens (tertiary/aromatic N) is 2. The van der Waals surface area contributed by atoms with Crippen molar-refractivity contribution in [3.63, 3.8) is 0 Å². The summed E-state index contributed by atoms with van der Waals surface area (Å²) >= 11 is 0. The number of carbonyl (C=O) groups is 1. The van der Waals surface area contributed by atoms with Crippen molar-refractivity contribution < 1.29 is 4.79 Å². The van der Waals surface area contributed by atoms with E-state index in [-0.39, 0.29) is 11.7 Å². The number of anilines is 1. The van der Waals surface area contributed by atoms with Gasteiger partial charge in [0.1, 0.15) is 0 Å². The Kier molecular flexibility index (Phi) is 5.39. The van der Waals surface area contributed by atoms with E-state index in [4.69, 9.17) is 11.3 Å². The SMILES string of the molecule is CC1C[C@@H]1c1cccc(-c2ccc(C(N)=NN=N)c(NC(=O)c3ccccc3)c2)c1. The molecule has 1 unspecified atom stereocenters. The molecule has 0 spiro atoms. The van der Waals surface area contributed by atoms with Crippen LogP contribution in [0.3, 0.4) is 0 Å². The Morgan fingerprint density at radius 2 is 1.77 bits per heavy atom. The van der Waals surface area contributed by atoms with E-state index < -0.39 is 0 Å². The van der Waals surface area contributed by atoms with Gasteiger partial charge in [-0.3, -0.25) is 4.79 Å². The first-order valence-electron chi connectivity index (χ1n) is 9.88. The predicted molar refractivity (Wildman–Crippen MR) is 119 cm³/mol. The van der Waals surface area contributed by atoms with Gasteiger partial charge in [-0.1, -0.05) is 60.7 Å². The molecule has 3 aromatic carbocycles. The fraction of sp³-hybridized carbons (Fsp3) is 0.167. The van der Waals surface area contributed by atoms with Gasteiger partial charge in [-0.2, -0.15) is 5.53 Å². The second-order valence-electron chi connectivity index (χ2n) is 7.61. The van der Waals surface area contributed by atoms with Gasteiger partial charge in [0.2, 0.25) is 0 Å². The number of nitrogens with two attached hydrogens (primary N) is 1. The molecule has 0 bridgehead atoms. The van der Waals surface area contributed by atoms with Gasteiger partial charge in [0.05, 0.1) is 5.69 Å². The summed E-state index contributed by atoms with van der Waals surface area (Å²) < 4.78 is 0. The Balaban J connectivity index is 1.72. The third-order valence-corrected chi connectivity index (χ3v) is 5.50. The first-order valence-corrected chi connectivity index (χ1v) is 9.88. The van der Waals surface area contributed by atoms with Crippen LogP contribution in [-0.2, 0) is 0 Å². The van der Waals surface area contributed by atoms with E-state index in [2.05, 4.69) is 46.8 Å². The first-order chi connectivity index (χ1) is 14.6. The monoisotopic (exact) mass is 397 g/mol. The summed E-state index contributed by atoms with van der Waals surface area (Å²) in [5.74, 6) is 1.18. The van der Waals surface area contributed by atoms with Crippen molar-refractivity contribution in [2.75, 3.05) is 5.32 Å². The van der Waals surface area contributed by atoms with Crippen molar-refractivity contribution in [3.8, 4) is 11.1 Å². The van der Waals surface area contributed by atoms with E-state index in [1.165, 1.54) is 12.0 Å². The van der Waals surface area contributed by atoms with Gasteiger partial charge < -0.3 is 11.1 Å². The summed E-state index contributed by atoms with van der Waals surface area (Å²) in [6.07, 6.45) is 1.23. The largest absolute Gasteiger partial charge is 0.382 e. The molecule has 0 aliphatic heterocycles. The zero-order valence-corrected chi connectivity index (χ0v) is 16.7. The average molecular weight is 397 g/mol. The lowest BCUT2D eigenvalue weighted by Gasteiger charge is -2.13. The third-order valence-electron chi connectivity index (χ3n) is 5.50. The molecule has 1 fully saturated rings. The zero-order valence-electron chi connectivity index (χ0n) is 16.7. The molecule has 6 nitrogen and oxygen atoms in total. The quantitative estimate of drug-likeness (QED) is 0.225. The highest BCUT2D eigenvalue weighted by atomic mass is 16.1. The Hall–Kier alpha value is -3.80.